The SMILES string of the molecule is Cc1ccccc1C(=O)Nc1ccc(C(=O)NN=C(c2ccccc2)C(C)C)cc1. The first-order valence-corrected chi connectivity index (χ1v) is 9.86. The number of rotatable bonds is 6. The topological polar surface area (TPSA) is 70.6 Å². The van der Waals surface area contributed by atoms with Crippen LogP contribution in [0.25, 0.3) is 0 Å². The summed E-state index contributed by atoms with van der Waals surface area (Å²) in [5, 5.41) is 7.19. The molecule has 30 heavy (non-hydrogen) atoms. The second kappa shape index (κ2) is 9.65. The summed E-state index contributed by atoms with van der Waals surface area (Å²) >= 11 is 0. The summed E-state index contributed by atoms with van der Waals surface area (Å²) in [6.07, 6.45) is 0. The Balaban J connectivity index is 1.67. The van der Waals surface area contributed by atoms with Crippen molar-refractivity contribution in [3.63, 3.8) is 0 Å². The molecule has 5 heteroatoms. The van der Waals surface area contributed by atoms with Crippen LogP contribution in [0.3, 0.4) is 0 Å². The fraction of sp³-hybridized carbons (Fsp3) is 0.160. The molecule has 2 amide bonds. The molecule has 3 aromatic rings. The summed E-state index contributed by atoms with van der Waals surface area (Å²) in [5.41, 5.74) is 7.03. The lowest BCUT2D eigenvalue weighted by molar-refractivity contribution is 0.0954. The standard InChI is InChI=1S/C25H25N3O2/c1-17(2)23(19-10-5-4-6-11-19)27-28-24(29)20-13-15-21(16-14-20)26-25(30)22-12-8-7-9-18(22)3/h4-17H,1-3H3,(H,26,30)(H,28,29). The second-order valence-electron chi connectivity index (χ2n) is 7.31. The Kier molecular flexibility index (Phi) is 6.75. The van der Waals surface area contributed by atoms with Gasteiger partial charge in [0.2, 0.25) is 0 Å². The summed E-state index contributed by atoms with van der Waals surface area (Å²) in [6.45, 7) is 5.96. The number of hydrogen-bond acceptors (Lipinski definition) is 3. The van der Waals surface area contributed by atoms with Crippen molar-refractivity contribution >= 4 is 23.2 Å². The van der Waals surface area contributed by atoms with Gasteiger partial charge in [-0.05, 0) is 54.3 Å². The average molecular weight is 399 g/mol. The van der Waals surface area contributed by atoms with E-state index in [4.69, 9.17) is 0 Å². The Bertz CT molecular complexity index is 1060. The first-order valence-electron chi connectivity index (χ1n) is 9.86. The van der Waals surface area contributed by atoms with Crippen molar-refractivity contribution in [1.29, 1.82) is 0 Å². The Hall–Kier alpha value is -3.73. The maximum absolute atomic E-state index is 12.5. The predicted octanol–water partition coefficient (Wildman–Crippen LogP) is 5.04. The third-order valence-corrected chi connectivity index (χ3v) is 4.69. The Morgan fingerprint density at radius 2 is 1.40 bits per heavy atom. The molecule has 0 saturated carbocycles. The third kappa shape index (κ3) is 5.20. The van der Waals surface area contributed by atoms with E-state index in [9.17, 15) is 9.59 Å². The van der Waals surface area contributed by atoms with Crippen molar-refractivity contribution in [3.05, 3.63) is 101 Å². The van der Waals surface area contributed by atoms with E-state index in [1.165, 1.54) is 0 Å². The van der Waals surface area contributed by atoms with E-state index in [0.29, 0.717) is 16.8 Å². The zero-order valence-corrected chi connectivity index (χ0v) is 17.3. The highest BCUT2D eigenvalue weighted by Gasteiger charge is 2.12. The average Bonchev–Trinajstić information content (AvgIpc) is 2.75. The van der Waals surface area contributed by atoms with Crippen LogP contribution in [-0.4, -0.2) is 17.5 Å². The van der Waals surface area contributed by atoms with Crippen LogP contribution < -0.4 is 10.7 Å². The third-order valence-electron chi connectivity index (χ3n) is 4.69. The molecule has 2 N–H and O–H groups in total. The van der Waals surface area contributed by atoms with Crippen LogP contribution in [-0.2, 0) is 0 Å². The summed E-state index contributed by atoms with van der Waals surface area (Å²) in [5.74, 6) is -0.327. The van der Waals surface area contributed by atoms with E-state index < -0.39 is 0 Å². The van der Waals surface area contributed by atoms with Crippen molar-refractivity contribution in [2.24, 2.45) is 11.0 Å². The molecule has 0 heterocycles. The maximum Gasteiger partial charge on any atom is 0.271 e. The molecule has 0 aliphatic heterocycles. The van der Waals surface area contributed by atoms with E-state index >= 15 is 0 Å². The lowest BCUT2D eigenvalue weighted by atomic mass is 10.0. The minimum absolute atomic E-state index is 0.159. The first kappa shape index (κ1) is 21.0. The number of benzene rings is 3. The van der Waals surface area contributed by atoms with Crippen LogP contribution in [0.5, 0.6) is 0 Å². The number of amides is 2. The van der Waals surface area contributed by atoms with Gasteiger partial charge in [-0.15, -0.1) is 0 Å². The van der Waals surface area contributed by atoms with Crippen molar-refractivity contribution < 1.29 is 9.59 Å². The van der Waals surface area contributed by atoms with Crippen LogP contribution in [0.2, 0.25) is 0 Å². The molecule has 0 radical (unpaired) electrons. The van der Waals surface area contributed by atoms with Gasteiger partial charge < -0.3 is 5.32 Å². The molecule has 0 fully saturated rings. The van der Waals surface area contributed by atoms with E-state index in [-0.39, 0.29) is 17.7 Å². The lowest BCUT2D eigenvalue weighted by Gasteiger charge is -2.11. The number of hydrogen-bond donors (Lipinski definition) is 2. The molecule has 3 rings (SSSR count). The number of aryl methyl sites for hydroxylation is 1. The smallest absolute Gasteiger partial charge is 0.271 e. The number of nitrogens with zero attached hydrogens (tertiary/aromatic N) is 1. The van der Waals surface area contributed by atoms with Gasteiger partial charge in [-0.3, -0.25) is 9.59 Å². The number of anilines is 1. The van der Waals surface area contributed by atoms with Crippen molar-refractivity contribution in [2.45, 2.75) is 20.8 Å². The van der Waals surface area contributed by atoms with Gasteiger partial charge in [0.1, 0.15) is 0 Å². The van der Waals surface area contributed by atoms with E-state index in [0.717, 1.165) is 16.8 Å². The fourth-order valence-electron chi connectivity index (χ4n) is 3.04. The molecule has 0 aromatic heterocycles. The van der Waals surface area contributed by atoms with Gasteiger partial charge in [-0.1, -0.05) is 62.4 Å². The summed E-state index contributed by atoms with van der Waals surface area (Å²) < 4.78 is 0. The number of nitrogens with one attached hydrogen (secondary N) is 2. The molecule has 0 atom stereocenters. The highest BCUT2D eigenvalue weighted by molar-refractivity contribution is 6.06. The molecular weight excluding hydrogens is 374 g/mol. The number of hydrazone groups is 1. The van der Waals surface area contributed by atoms with E-state index in [1.54, 1.807) is 30.3 Å². The van der Waals surface area contributed by atoms with Gasteiger partial charge in [0.05, 0.1) is 5.71 Å². The molecule has 152 valence electrons. The van der Waals surface area contributed by atoms with Gasteiger partial charge in [-0.2, -0.15) is 5.10 Å². The molecule has 0 aliphatic carbocycles. The van der Waals surface area contributed by atoms with Crippen molar-refractivity contribution in [1.82, 2.24) is 5.43 Å². The summed E-state index contributed by atoms with van der Waals surface area (Å²) in [6, 6.07) is 23.9. The van der Waals surface area contributed by atoms with Gasteiger partial charge in [0.25, 0.3) is 11.8 Å². The van der Waals surface area contributed by atoms with E-state index in [1.807, 2.05) is 69.3 Å². The predicted molar refractivity (Wildman–Crippen MR) is 121 cm³/mol. The minimum atomic E-state index is -0.305. The molecule has 3 aromatic carbocycles. The van der Waals surface area contributed by atoms with Crippen LogP contribution in [0.1, 0.15) is 45.7 Å². The molecular formula is C25H25N3O2. The second-order valence-corrected chi connectivity index (χ2v) is 7.31. The Labute approximate surface area is 176 Å². The zero-order chi connectivity index (χ0) is 21.5. The zero-order valence-electron chi connectivity index (χ0n) is 17.3. The number of carbonyl (C=O) groups excluding carboxylic acids is 2. The molecule has 0 saturated heterocycles. The van der Waals surface area contributed by atoms with Gasteiger partial charge in [-0.25, -0.2) is 5.43 Å². The first-order chi connectivity index (χ1) is 14.5. The van der Waals surface area contributed by atoms with Crippen LogP contribution in [0.4, 0.5) is 5.69 Å². The minimum Gasteiger partial charge on any atom is -0.322 e. The van der Waals surface area contributed by atoms with Gasteiger partial charge in [0, 0.05) is 16.8 Å². The van der Waals surface area contributed by atoms with E-state index in [2.05, 4.69) is 15.8 Å². The summed E-state index contributed by atoms with van der Waals surface area (Å²) in [7, 11) is 0. The van der Waals surface area contributed by atoms with Gasteiger partial charge >= 0.3 is 0 Å². The highest BCUT2D eigenvalue weighted by Crippen LogP contribution is 2.14. The molecule has 5 nitrogen and oxygen atoms in total. The van der Waals surface area contributed by atoms with Gasteiger partial charge in [0.15, 0.2) is 0 Å². The summed E-state index contributed by atoms with van der Waals surface area (Å²) in [4.78, 5) is 24.9. The Morgan fingerprint density at radius 3 is 2.03 bits per heavy atom. The van der Waals surface area contributed by atoms with Crippen LogP contribution >= 0.6 is 0 Å². The molecule has 0 spiro atoms. The number of carbonyl (C=O) groups is 2. The van der Waals surface area contributed by atoms with Crippen LogP contribution in [0.15, 0.2) is 84.0 Å². The van der Waals surface area contributed by atoms with Crippen molar-refractivity contribution in [2.75, 3.05) is 5.32 Å². The Morgan fingerprint density at radius 1 is 0.767 bits per heavy atom. The quantitative estimate of drug-likeness (QED) is 0.450. The monoisotopic (exact) mass is 399 g/mol. The lowest BCUT2D eigenvalue weighted by Crippen LogP contribution is -2.22. The maximum atomic E-state index is 12.5. The fourth-order valence-corrected chi connectivity index (χ4v) is 3.04. The van der Waals surface area contributed by atoms with Crippen LogP contribution in [0, 0.1) is 12.8 Å². The van der Waals surface area contributed by atoms with Crippen molar-refractivity contribution in [3.8, 4) is 0 Å². The normalized spacial score (nSPS) is 11.3. The molecule has 0 unspecified atom stereocenters. The largest absolute Gasteiger partial charge is 0.322 e. The molecule has 0 bridgehead atoms. The molecule has 0 aliphatic rings. The highest BCUT2D eigenvalue weighted by atomic mass is 16.2.